The largest absolute Gasteiger partial charge is 0.508 e. The van der Waals surface area contributed by atoms with Gasteiger partial charge in [0.05, 0.1) is 14.2 Å². The molecule has 2 unspecified atom stereocenters. The minimum Gasteiger partial charge on any atom is -0.508 e. The minimum atomic E-state index is 0.251. The SMILES string of the molecule is CCN(CC)CCc1ccc(CC(C)Nc2cc(OC)c(OC)cc2C2CCc3cc(O)ccc3C2)cc1. The number of hydrogen-bond donors (Lipinski definition) is 2. The average Bonchev–Trinajstić information content (AvgIpc) is 2.93. The number of ether oxygens (including phenoxy) is 2. The van der Waals surface area contributed by atoms with Gasteiger partial charge in [-0.15, -0.1) is 0 Å². The Morgan fingerprint density at radius 2 is 1.61 bits per heavy atom. The maximum Gasteiger partial charge on any atom is 0.162 e. The lowest BCUT2D eigenvalue weighted by atomic mass is 9.79. The van der Waals surface area contributed by atoms with Gasteiger partial charge in [-0.25, -0.2) is 0 Å². The van der Waals surface area contributed by atoms with Gasteiger partial charge in [0, 0.05) is 24.3 Å². The summed E-state index contributed by atoms with van der Waals surface area (Å²) in [7, 11) is 3.39. The molecule has 0 saturated carbocycles. The van der Waals surface area contributed by atoms with E-state index in [1.165, 1.54) is 27.8 Å². The molecule has 3 aromatic carbocycles. The van der Waals surface area contributed by atoms with Crippen LogP contribution in [-0.2, 0) is 25.7 Å². The Bertz CT molecular complexity index is 1190. The molecule has 0 spiro atoms. The van der Waals surface area contributed by atoms with Crippen molar-refractivity contribution >= 4 is 5.69 Å². The predicted molar refractivity (Wildman–Crippen MR) is 157 cm³/mol. The highest BCUT2D eigenvalue weighted by Crippen LogP contribution is 2.42. The first-order chi connectivity index (χ1) is 18.4. The lowest BCUT2D eigenvalue weighted by molar-refractivity contribution is 0.308. The fraction of sp³-hybridized carbons (Fsp3) is 0.455. The third-order valence-corrected chi connectivity index (χ3v) is 7.99. The van der Waals surface area contributed by atoms with Crippen LogP contribution >= 0.6 is 0 Å². The van der Waals surface area contributed by atoms with Gasteiger partial charge in [-0.05, 0) is 104 Å². The molecule has 0 aromatic heterocycles. The van der Waals surface area contributed by atoms with E-state index in [1.54, 1.807) is 20.3 Å². The molecular weight excluding hydrogens is 472 g/mol. The first-order valence-electron chi connectivity index (χ1n) is 14.1. The van der Waals surface area contributed by atoms with Crippen LogP contribution in [0.25, 0.3) is 0 Å². The van der Waals surface area contributed by atoms with Crippen LogP contribution in [-0.4, -0.2) is 49.9 Å². The number of phenols is 1. The van der Waals surface area contributed by atoms with Crippen LogP contribution in [0.4, 0.5) is 5.69 Å². The summed E-state index contributed by atoms with van der Waals surface area (Å²) in [4.78, 5) is 2.47. The zero-order valence-electron chi connectivity index (χ0n) is 23.7. The van der Waals surface area contributed by atoms with Gasteiger partial charge in [0.2, 0.25) is 0 Å². The molecule has 1 aliphatic rings. The fourth-order valence-electron chi connectivity index (χ4n) is 5.70. The van der Waals surface area contributed by atoms with Gasteiger partial charge in [-0.3, -0.25) is 0 Å². The Morgan fingerprint density at radius 3 is 2.29 bits per heavy atom. The molecule has 2 atom stereocenters. The van der Waals surface area contributed by atoms with Crippen molar-refractivity contribution in [1.82, 2.24) is 4.90 Å². The molecule has 0 radical (unpaired) electrons. The molecule has 0 aliphatic heterocycles. The van der Waals surface area contributed by atoms with E-state index in [-0.39, 0.29) is 6.04 Å². The van der Waals surface area contributed by atoms with Crippen molar-refractivity contribution in [3.8, 4) is 17.2 Å². The van der Waals surface area contributed by atoms with Gasteiger partial charge >= 0.3 is 0 Å². The normalized spacial score (nSPS) is 15.7. The maximum atomic E-state index is 9.90. The quantitative estimate of drug-likeness (QED) is 0.284. The second-order valence-electron chi connectivity index (χ2n) is 10.5. The molecule has 0 fully saturated rings. The van der Waals surface area contributed by atoms with Crippen molar-refractivity contribution in [2.24, 2.45) is 0 Å². The summed E-state index contributed by atoms with van der Waals surface area (Å²) >= 11 is 0. The van der Waals surface area contributed by atoms with Gasteiger partial charge in [-0.2, -0.15) is 0 Å². The maximum absolute atomic E-state index is 9.90. The van der Waals surface area contributed by atoms with Crippen molar-refractivity contribution in [2.45, 2.75) is 64.8 Å². The second kappa shape index (κ2) is 13.1. The zero-order chi connectivity index (χ0) is 27.1. The highest BCUT2D eigenvalue weighted by atomic mass is 16.5. The smallest absolute Gasteiger partial charge is 0.162 e. The standard InChI is InChI=1S/C33H44N2O3/c1-6-35(7-2)17-16-24-8-10-25(11-9-24)18-23(3)34-31-22-33(38-5)32(37-4)21-30(31)28-13-12-27-20-29(36)15-14-26(27)19-28/h8-11,14-15,20-23,28,34,36H,6-7,12-13,16-19H2,1-5H3. The number of anilines is 1. The number of methoxy groups -OCH3 is 2. The summed E-state index contributed by atoms with van der Waals surface area (Å²) in [6, 6.07) is 19.4. The monoisotopic (exact) mass is 516 g/mol. The number of aryl methyl sites for hydroxylation is 1. The summed E-state index contributed by atoms with van der Waals surface area (Å²) in [6.07, 6.45) is 4.97. The van der Waals surface area contributed by atoms with Crippen LogP contribution in [0, 0.1) is 0 Å². The van der Waals surface area contributed by atoms with E-state index < -0.39 is 0 Å². The third-order valence-electron chi connectivity index (χ3n) is 7.99. The van der Waals surface area contributed by atoms with Crippen LogP contribution < -0.4 is 14.8 Å². The van der Waals surface area contributed by atoms with E-state index in [0.29, 0.717) is 11.7 Å². The van der Waals surface area contributed by atoms with Gasteiger partial charge < -0.3 is 24.8 Å². The lowest BCUT2D eigenvalue weighted by Crippen LogP contribution is -2.25. The average molecular weight is 517 g/mol. The van der Waals surface area contributed by atoms with Crippen LogP contribution in [0.15, 0.2) is 54.6 Å². The van der Waals surface area contributed by atoms with Crippen molar-refractivity contribution in [1.29, 1.82) is 0 Å². The molecule has 5 heteroatoms. The number of phenolic OH excluding ortho intramolecular Hbond substituents is 1. The van der Waals surface area contributed by atoms with Crippen LogP contribution in [0.2, 0.25) is 0 Å². The highest BCUT2D eigenvalue weighted by molar-refractivity contribution is 5.63. The van der Waals surface area contributed by atoms with Crippen LogP contribution in [0.3, 0.4) is 0 Å². The second-order valence-corrected chi connectivity index (χ2v) is 10.5. The Morgan fingerprint density at radius 1 is 0.921 bits per heavy atom. The van der Waals surface area contributed by atoms with E-state index in [4.69, 9.17) is 9.47 Å². The predicted octanol–water partition coefficient (Wildman–Crippen LogP) is 6.61. The molecule has 0 heterocycles. The fourth-order valence-corrected chi connectivity index (χ4v) is 5.70. The Kier molecular flexibility index (Phi) is 9.57. The molecule has 1 aliphatic carbocycles. The van der Waals surface area contributed by atoms with E-state index in [9.17, 15) is 5.11 Å². The van der Waals surface area contributed by atoms with E-state index in [1.807, 2.05) is 6.07 Å². The summed E-state index contributed by atoms with van der Waals surface area (Å²) in [5.74, 6) is 2.22. The first-order valence-corrected chi connectivity index (χ1v) is 14.1. The van der Waals surface area contributed by atoms with Gasteiger partial charge in [-0.1, -0.05) is 44.2 Å². The van der Waals surface area contributed by atoms with Gasteiger partial charge in [0.15, 0.2) is 11.5 Å². The number of benzene rings is 3. The van der Waals surface area contributed by atoms with E-state index in [2.05, 4.69) is 73.5 Å². The number of likely N-dealkylation sites (N-methyl/N-ethyl adjacent to an activating group) is 1. The van der Waals surface area contributed by atoms with Gasteiger partial charge in [0.25, 0.3) is 0 Å². The summed E-state index contributed by atoms with van der Waals surface area (Å²) in [6.45, 7) is 10.0. The molecule has 0 bridgehead atoms. The molecule has 2 N–H and O–H groups in total. The first kappa shape index (κ1) is 27.8. The van der Waals surface area contributed by atoms with Crippen molar-refractivity contribution in [3.63, 3.8) is 0 Å². The van der Waals surface area contributed by atoms with Gasteiger partial charge in [0.1, 0.15) is 5.75 Å². The number of nitrogens with one attached hydrogen (secondary N) is 1. The van der Waals surface area contributed by atoms with Crippen molar-refractivity contribution < 1.29 is 14.6 Å². The number of nitrogens with zero attached hydrogens (tertiary/aromatic N) is 1. The Balaban J connectivity index is 1.49. The number of rotatable bonds is 12. The highest BCUT2D eigenvalue weighted by Gasteiger charge is 2.25. The molecule has 4 rings (SSSR count). The minimum absolute atomic E-state index is 0.251. The van der Waals surface area contributed by atoms with Crippen LogP contribution in [0.5, 0.6) is 17.2 Å². The lowest BCUT2D eigenvalue weighted by Gasteiger charge is -2.29. The van der Waals surface area contributed by atoms with Crippen molar-refractivity contribution in [3.05, 3.63) is 82.4 Å². The van der Waals surface area contributed by atoms with E-state index >= 15 is 0 Å². The zero-order valence-corrected chi connectivity index (χ0v) is 23.7. The van der Waals surface area contributed by atoms with Crippen LogP contribution in [0.1, 0.15) is 60.9 Å². The topological polar surface area (TPSA) is 54.0 Å². The number of fused-ring (bicyclic) bond motifs is 1. The molecule has 3 aromatic rings. The Hall–Kier alpha value is -3.18. The number of hydrogen-bond acceptors (Lipinski definition) is 5. The third kappa shape index (κ3) is 6.82. The van der Waals surface area contributed by atoms with Crippen molar-refractivity contribution in [2.75, 3.05) is 39.2 Å². The summed E-state index contributed by atoms with van der Waals surface area (Å²) in [5, 5.41) is 13.7. The molecule has 0 saturated heterocycles. The molecule has 204 valence electrons. The summed E-state index contributed by atoms with van der Waals surface area (Å²) < 4.78 is 11.3. The molecule has 0 amide bonds. The summed E-state index contributed by atoms with van der Waals surface area (Å²) in [5.41, 5.74) is 7.68. The number of aromatic hydroxyl groups is 1. The molecule has 38 heavy (non-hydrogen) atoms. The molecule has 5 nitrogen and oxygen atoms in total. The Labute approximate surface area is 228 Å². The van der Waals surface area contributed by atoms with E-state index in [0.717, 1.165) is 68.9 Å². The molecular formula is C33H44N2O3.